The van der Waals surface area contributed by atoms with E-state index in [1.807, 2.05) is 25.5 Å². The van der Waals surface area contributed by atoms with Crippen LogP contribution in [0, 0.1) is 0 Å². The van der Waals surface area contributed by atoms with E-state index >= 15 is 0 Å². The molecule has 8 heavy (non-hydrogen) atoms. The highest BCUT2D eigenvalue weighted by molar-refractivity contribution is 8.01. The zero-order valence-electron chi connectivity index (χ0n) is 5.51. The average Bonchev–Trinajstić information content (AvgIpc) is 1.68. The summed E-state index contributed by atoms with van der Waals surface area (Å²) in [5, 5.41) is 2.01. The minimum atomic E-state index is 1.07. The van der Waals surface area contributed by atoms with Gasteiger partial charge in [0.05, 0.1) is 0 Å². The normalized spacial score (nSPS) is 13.1. The molecule has 0 aliphatic rings. The summed E-state index contributed by atoms with van der Waals surface area (Å²) in [5.41, 5.74) is 1.07. The molecule has 0 radical (unpaired) electrons. The molecule has 0 saturated carbocycles. The first-order chi connectivity index (χ1) is 3.81. The third kappa shape index (κ3) is 3.93. The lowest BCUT2D eigenvalue weighted by atomic mass is 10.6. The summed E-state index contributed by atoms with van der Waals surface area (Å²) in [7, 11) is 0. The molecule has 0 heterocycles. The number of allylic oxidation sites excluding steroid dienone is 1. The predicted octanol–water partition coefficient (Wildman–Crippen LogP) is 2.30. The van der Waals surface area contributed by atoms with Crippen molar-refractivity contribution in [2.24, 2.45) is 4.99 Å². The van der Waals surface area contributed by atoms with E-state index in [-0.39, 0.29) is 0 Å². The first kappa shape index (κ1) is 7.76. The molecule has 0 saturated heterocycles. The van der Waals surface area contributed by atoms with Crippen molar-refractivity contribution >= 4 is 18.0 Å². The molecule has 0 aromatic rings. The summed E-state index contributed by atoms with van der Waals surface area (Å²) in [6.45, 7) is 3.90. The van der Waals surface area contributed by atoms with Crippen molar-refractivity contribution in [3.8, 4) is 0 Å². The van der Waals surface area contributed by atoms with Gasteiger partial charge in [-0.1, -0.05) is 0 Å². The molecule has 0 aliphatic heterocycles. The van der Waals surface area contributed by atoms with Crippen molar-refractivity contribution < 1.29 is 0 Å². The van der Waals surface area contributed by atoms with Crippen LogP contribution >= 0.6 is 11.8 Å². The van der Waals surface area contributed by atoms with Crippen molar-refractivity contribution in [2.75, 3.05) is 6.26 Å². The van der Waals surface area contributed by atoms with Crippen molar-refractivity contribution in [3.63, 3.8) is 0 Å². The summed E-state index contributed by atoms with van der Waals surface area (Å²) in [6.07, 6.45) is 3.82. The highest BCUT2D eigenvalue weighted by atomic mass is 32.2. The fourth-order valence-electron chi connectivity index (χ4n) is 0.405. The van der Waals surface area contributed by atoms with Gasteiger partial charge in [0.1, 0.15) is 0 Å². The second-order valence-corrected chi connectivity index (χ2v) is 2.09. The second-order valence-electron chi connectivity index (χ2n) is 1.38. The van der Waals surface area contributed by atoms with E-state index in [0.29, 0.717) is 0 Å². The Morgan fingerprint density at radius 3 is 2.62 bits per heavy atom. The van der Waals surface area contributed by atoms with Gasteiger partial charge >= 0.3 is 0 Å². The van der Waals surface area contributed by atoms with Crippen LogP contribution in [0.2, 0.25) is 0 Å². The van der Waals surface area contributed by atoms with E-state index < -0.39 is 0 Å². The molecule has 0 unspecified atom stereocenters. The van der Waals surface area contributed by atoms with Crippen molar-refractivity contribution in [3.05, 3.63) is 11.1 Å². The van der Waals surface area contributed by atoms with Crippen LogP contribution in [0.5, 0.6) is 0 Å². The lowest BCUT2D eigenvalue weighted by Gasteiger charge is -1.85. The number of nitrogens with zero attached hydrogens (tertiary/aromatic N) is 1. The summed E-state index contributed by atoms with van der Waals surface area (Å²) in [6, 6.07) is 0. The topological polar surface area (TPSA) is 12.4 Å². The molecule has 2 heteroatoms. The zero-order valence-corrected chi connectivity index (χ0v) is 6.33. The number of rotatable bonds is 2. The average molecular weight is 129 g/mol. The minimum absolute atomic E-state index is 1.07. The molecule has 0 aromatic carbocycles. The van der Waals surface area contributed by atoms with Crippen LogP contribution in [-0.4, -0.2) is 12.5 Å². The predicted molar refractivity (Wildman–Crippen MR) is 41.4 cm³/mol. The number of hydrogen-bond acceptors (Lipinski definition) is 2. The van der Waals surface area contributed by atoms with E-state index in [4.69, 9.17) is 0 Å². The Hall–Kier alpha value is -0.240. The maximum Gasteiger partial charge on any atom is 0.0431 e. The SMILES string of the molecule is CC=NC(C)=CSC. The van der Waals surface area contributed by atoms with Gasteiger partial charge in [0, 0.05) is 11.9 Å². The third-order valence-electron chi connectivity index (χ3n) is 0.621. The first-order valence-electron chi connectivity index (χ1n) is 2.49. The Labute approximate surface area is 54.9 Å². The molecular weight excluding hydrogens is 118 g/mol. The highest BCUT2D eigenvalue weighted by Crippen LogP contribution is 2.01. The Kier molecular flexibility index (Phi) is 4.76. The molecule has 0 amide bonds. The van der Waals surface area contributed by atoms with Crippen LogP contribution in [-0.2, 0) is 0 Å². The molecule has 0 atom stereocenters. The first-order valence-corrected chi connectivity index (χ1v) is 3.78. The maximum atomic E-state index is 4.03. The Bertz CT molecular complexity index is 105. The highest BCUT2D eigenvalue weighted by Gasteiger charge is 1.75. The van der Waals surface area contributed by atoms with E-state index in [9.17, 15) is 0 Å². The second kappa shape index (κ2) is 4.91. The molecule has 1 nitrogen and oxygen atoms in total. The van der Waals surface area contributed by atoms with Gasteiger partial charge < -0.3 is 0 Å². The van der Waals surface area contributed by atoms with Crippen LogP contribution in [0.4, 0.5) is 0 Å². The van der Waals surface area contributed by atoms with Crippen LogP contribution in [0.3, 0.4) is 0 Å². The quantitative estimate of drug-likeness (QED) is 0.521. The fourth-order valence-corrected chi connectivity index (χ4v) is 0.807. The molecular formula is C6H11NS. The van der Waals surface area contributed by atoms with Crippen molar-refractivity contribution in [1.29, 1.82) is 0 Å². The van der Waals surface area contributed by atoms with E-state index in [2.05, 4.69) is 4.99 Å². The van der Waals surface area contributed by atoms with Gasteiger partial charge in [-0.15, -0.1) is 11.8 Å². The van der Waals surface area contributed by atoms with Crippen LogP contribution < -0.4 is 0 Å². The van der Waals surface area contributed by atoms with E-state index in [1.165, 1.54) is 0 Å². The van der Waals surface area contributed by atoms with Gasteiger partial charge in [-0.2, -0.15) is 0 Å². The zero-order chi connectivity index (χ0) is 6.41. The smallest absolute Gasteiger partial charge is 0.0431 e. The molecule has 0 fully saturated rings. The third-order valence-corrected chi connectivity index (χ3v) is 1.20. The van der Waals surface area contributed by atoms with Gasteiger partial charge in [0.15, 0.2) is 0 Å². The molecule has 0 aromatic heterocycles. The monoisotopic (exact) mass is 129 g/mol. The summed E-state index contributed by atoms with van der Waals surface area (Å²) < 4.78 is 0. The lowest BCUT2D eigenvalue weighted by Crippen LogP contribution is -1.65. The number of hydrogen-bond donors (Lipinski definition) is 0. The largest absolute Gasteiger partial charge is 0.266 e. The molecule has 46 valence electrons. The Morgan fingerprint density at radius 2 is 2.25 bits per heavy atom. The standard InChI is InChI=1S/C6H11NS/c1-4-7-6(2)5-8-3/h4-5H,1-3H3. The van der Waals surface area contributed by atoms with Gasteiger partial charge in [0.2, 0.25) is 0 Å². The summed E-state index contributed by atoms with van der Waals surface area (Å²) in [4.78, 5) is 4.03. The van der Waals surface area contributed by atoms with Crippen LogP contribution in [0.1, 0.15) is 13.8 Å². The molecule has 0 N–H and O–H groups in total. The van der Waals surface area contributed by atoms with Crippen molar-refractivity contribution in [2.45, 2.75) is 13.8 Å². The van der Waals surface area contributed by atoms with Crippen molar-refractivity contribution in [1.82, 2.24) is 0 Å². The van der Waals surface area contributed by atoms with E-state index in [0.717, 1.165) is 5.70 Å². The van der Waals surface area contributed by atoms with Gasteiger partial charge in [0.25, 0.3) is 0 Å². The van der Waals surface area contributed by atoms with Crippen LogP contribution in [0.15, 0.2) is 16.1 Å². The molecule has 0 aliphatic carbocycles. The lowest BCUT2D eigenvalue weighted by molar-refractivity contribution is 1.33. The Balaban J connectivity index is 3.61. The van der Waals surface area contributed by atoms with Gasteiger partial charge in [-0.25, -0.2) is 0 Å². The number of aliphatic imine (C=N–C) groups is 1. The summed E-state index contributed by atoms with van der Waals surface area (Å²) in [5.74, 6) is 0. The minimum Gasteiger partial charge on any atom is -0.266 e. The summed E-state index contributed by atoms with van der Waals surface area (Å²) >= 11 is 1.67. The molecule has 0 bridgehead atoms. The molecule has 0 rings (SSSR count). The maximum absolute atomic E-state index is 4.03. The van der Waals surface area contributed by atoms with Gasteiger partial charge in [-0.3, -0.25) is 4.99 Å². The Morgan fingerprint density at radius 1 is 1.62 bits per heavy atom. The van der Waals surface area contributed by atoms with E-state index in [1.54, 1.807) is 18.0 Å². The molecule has 0 spiro atoms. The number of thioether (sulfide) groups is 1. The fraction of sp³-hybridized carbons (Fsp3) is 0.500. The van der Waals surface area contributed by atoms with Gasteiger partial charge in [-0.05, 0) is 25.5 Å². The van der Waals surface area contributed by atoms with Crippen LogP contribution in [0.25, 0.3) is 0 Å².